The van der Waals surface area contributed by atoms with Gasteiger partial charge in [-0.25, -0.2) is 8.78 Å². The van der Waals surface area contributed by atoms with Gasteiger partial charge in [-0.15, -0.1) is 0 Å². The van der Waals surface area contributed by atoms with Crippen molar-refractivity contribution in [2.75, 3.05) is 11.4 Å². The molecule has 1 aliphatic rings. The summed E-state index contributed by atoms with van der Waals surface area (Å²) < 4.78 is 28.9. The Hall–Kier alpha value is -1.16. The maximum absolute atomic E-state index is 14.4. The SMILES string of the molecule is CCCC1CCCCN1c1c(F)cc(CC(C)N)cc1F. The van der Waals surface area contributed by atoms with Gasteiger partial charge in [0.2, 0.25) is 0 Å². The van der Waals surface area contributed by atoms with Crippen LogP contribution in [0.4, 0.5) is 14.5 Å². The molecule has 2 unspecified atom stereocenters. The molecule has 1 aliphatic heterocycles. The lowest BCUT2D eigenvalue weighted by molar-refractivity contribution is 0.421. The highest BCUT2D eigenvalue weighted by Gasteiger charge is 2.27. The van der Waals surface area contributed by atoms with Crippen LogP contribution in [0.3, 0.4) is 0 Å². The number of nitrogens with zero attached hydrogens (tertiary/aromatic N) is 1. The van der Waals surface area contributed by atoms with Crippen molar-refractivity contribution < 1.29 is 8.78 Å². The zero-order valence-electron chi connectivity index (χ0n) is 13.0. The molecule has 0 amide bonds. The number of nitrogens with two attached hydrogens (primary N) is 1. The summed E-state index contributed by atoms with van der Waals surface area (Å²) in [7, 11) is 0. The van der Waals surface area contributed by atoms with Crippen LogP contribution < -0.4 is 10.6 Å². The molecule has 0 spiro atoms. The van der Waals surface area contributed by atoms with Crippen molar-refractivity contribution >= 4 is 5.69 Å². The zero-order valence-corrected chi connectivity index (χ0v) is 13.0. The number of rotatable bonds is 5. The van der Waals surface area contributed by atoms with Crippen LogP contribution in [-0.4, -0.2) is 18.6 Å². The van der Waals surface area contributed by atoms with E-state index >= 15 is 0 Å². The molecule has 0 aliphatic carbocycles. The molecule has 1 fully saturated rings. The van der Waals surface area contributed by atoms with Crippen LogP contribution in [0.1, 0.15) is 51.5 Å². The van der Waals surface area contributed by atoms with Gasteiger partial charge in [0.1, 0.15) is 17.3 Å². The van der Waals surface area contributed by atoms with E-state index in [2.05, 4.69) is 6.92 Å². The van der Waals surface area contributed by atoms with Gasteiger partial charge in [-0.3, -0.25) is 0 Å². The van der Waals surface area contributed by atoms with Gasteiger partial charge in [0.25, 0.3) is 0 Å². The zero-order chi connectivity index (χ0) is 15.4. The molecule has 0 aromatic heterocycles. The summed E-state index contributed by atoms with van der Waals surface area (Å²) in [6.45, 7) is 4.70. The minimum Gasteiger partial charge on any atom is -0.364 e. The molecule has 2 N–H and O–H groups in total. The third-order valence-corrected chi connectivity index (χ3v) is 4.17. The minimum absolute atomic E-state index is 0.0996. The second kappa shape index (κ2) is 7.21. The van der Waals surface area contributed by atoms with E-state index in [-0.39, 0.29) is 17.8 Å². The lowest BCUT2D eigenvalue weighted by atomic mass is 9.96. The van der Waals surface area contributed by atoms with Crippen molar-refractivity contribution in [2.24, 2.45) is 5.73 Å². The fourth-order valence-corrected chi connectivity index (χ4v) is 3.31. The third-order valence-electron chi connectivity index (χ3n) is 4.17. The van der Waals surface area contributed by atoms with E-state index in [1.165, 1.54) is 12.1 Å². The summed E-state index contributed by atoms with van der Waals surface area (Å²) in [5.41, 5.74) is 6.50. The average Bonchev–Trinajstić information content (AvgIpc) is 2.39. The fourth-order valence-electron chi connectivity index (χ4n) is 3.31. The van der Waals surface area contributed by atoms with Crippen molar-refractivity contribution in [3.8, 4) is 0 Å². The maximum Gasteiger partial charge on any atom is 0.149 e. The summed E-state index contributed by atoms with van der Waals surface area (Å²) in [4.78, 5) is 1.94. The molecule has 1 aromatic carbocycles. The Morgan fingerprint density at radius 3 is 2.52 bits per heavy atom. The Morgan fingerprint density at radius 1 is 1.29 bits per heavy atom. The number of halogens is 2. The van der Waals surface area contributed by atoms with E-state index in [0.29, 0.717) is 12.0 Å². The Balaban J connectivity index is 2.29. The molecule has 0 saturated carbocycles. The normalized spacial score (nSPS) is 20.6. The standard InChI is InChI=1S/C17H26F2N2/c1-3-6-14-7-4-5-8-21(14)17-15(18)10-13(9-12(2)20)11-16(17)19/h10-12,14H,3-9,20H2,1-2H3. The average molecular weight is 296 g/mol. The summed E-state index contributed by atoms with van der Waals surface area (Å²) in [5.74, 6) is -0.901. The van der Waals surface area contributed by atoms with Crippen LogP contribution in [-0.2, 0) is 6.42 Å². The first kappa shape index (κ1) is 16.2. The summed E-state index contributed by atoms with van der Waals surface area (Å²) >= 11 is 0. The fraction of sp³-hybridized carbons (Fsp3) is 0.647. The van der Waals surface area contributed by atoms with Gasteiger partial charge in [0.05, 0.1) is 0 Å². The second-order valence-corrected chi connectivity index (χ2v) is 6.22. The third kappa shape index (κ3) is 3.94. The van der Waals surface area contributed by atoms with E-state index in [0.717, 1.165) is 38.6 Å². The Bertz CT molecular complexity index is 449. The van der Waals surface area contributed by atoms with E-state index in [1.807, 2.05) is 11.8 Å². The molecular weight excluding hydrogens is 270 g/mol. The lowest BCUT2D eigenvalue weighted by Gasteiger charge is -2.38. The first-order chi connectivity index (χ1) is 10.0. The number of hydrogen-bond donors (Lipinski definition) is 1. The van der Waals surface area contributed by atoms with Crippen molar-refractivity contribution in [3.05, 3.63) is 29.3 Å². The molecule has 21 heavy (non-hydrogen) atoms. The highest BCUT2D eigenvalue weighted by Crippen LogP contribution is 2.32. The first-order valence-electron chi connectivity index (χ1n) is 8.03. The van der Waals surface area contributed by atoms with Crippen molar-refractivity contribution in [1.82, 2.24) is 0 Å². The summed E-state index contributed by atoms with van der Waals surface area (Å²) in [5, 5.41) is 0. The van der Waals surface area contributed by atoms with E-state index in [4.69, 9.17) is 5.73 Å². The number of anilines is 1. The molecule has 1 heterocycles. The molecule has 1 saturated heterocycles. The van der Waals surface area contributed by atoms with Crippen LogP contribution in [0, 0.1) is 11.6 Å². The highest BCUT2D eigenvalue weighted by molar-refractivity contribution is 5.52. The molecule has 4 heteroatoms. The topological polar surface area (TPSA) is 29.3 Å². The van der Waals surface area contributed by atoms with Crippen molar-refractivity contribution in [1.29, 1.82) is 0 Å². The van der Waals surface area contributed by atoms with Gasteiger partial charge in [0, 0.05) is 18.6 Å². The van der Waals surface area contributed by atoms with Crippen molar-refractivity contribution in [3.63, 3.8) is 0 Å². The highest BCUT2D eigenvalue weighted by atomic mass is 19.1. The van der Waals surface area contributed by atoms with Crippen LogP contribution in [0.25, 0.3) is 0 Å². The molecule has 2 rings (SSSR count). The van der Waals surface area contributed by atoms with Crippen LogP contribution in [0.5, 0.6) is 0 Å². The van der Waals surface area contributed by atoms with Gasteiger partial charge >= 0.3 is 0 Å². The largest absolute Gasteiger partial charge is 0.364 e. The molecule has 0 bridgehead atoms. The van der Waals surface area contributed by atoms with E-state index < -0.39 is 11.6 Å². The molecule has 2 atom stereocenters. The van der Waals surface area contributed by atoms with E-state index in [9.17, 15) is 8.78 Å². The van der Waals surface area contributed by atoms with Gasteiger partial charge < -0.3 is 10.6 Å². The first-order valence-corrected chi connectivity index (χ1v) is 8.03. The molecular formula is C17H26F2N2. The van der Waals surface area contributed by atoms with Gasteiger partial charge in [-0.2, -0.15) is 0 Å². The number of hydrogen-bond acceptors (Lipinski definition) is 2. The molecule has 118 valence electrons. The summed E-state index contributed by atoms with van der Waals surface area (Å²) in [6.07, 6.45) is 5.68. The Morgan fingerprint density at radius 2 is 1.95 bits per heavy atom. The van der Waals surface area contributed by atoms with Crippen LogP contribution >= 0.6 is 0 Å². The van der Waals surface area contributed by atoms with Gasteiger partial charge in [-0.1, -0.05) is 13.3 Å². The Labute approximate surface area is 126 Å². The van der Waals surface area contributed by atoms with Crippen molar-refractivity contribution in [2.45, 2.75) is 64.5 Å². The molecule has 2 nitrogen and oxygen atoms in total. The maximum atomic E-state index is 14.4. The van der Waals surface area contributed by atoms with Crippen LogP contribution in [0.15, 0.2) is 12.1 Å². The summed E-state index contributed by atoms with van der Waals surface area (Å²) in [6, 6.07) is 3.04. The smallest absolute Gasteiger partial charge is 0.149 e. The quantitative estimate of drug-likeness (QED) is 0.889. The molecule has 1 aromatic rings. The number of piperidine rings is 1. The predicted octanol–water partition coefficient (Wildman–Crippen LogP) is 4.01. The minimum atomic E-state index is -0.450. The molecule has 0 radical (unpaired) electrons. The van der Waals surface area contributed by atoms with Gasteiger partial charge in [0.15, 0.2) is 0 Å². The monoisotopic (exact) mass is 296 g/mol. The lowest BCUT2D eigenvalue weighted by Crippen LogP contribution is -2.40. The van der Waals surface area contributed by atoms with E-state index in [1.54, 1.807) is 0 Å². The second-order valence-electron chi connectivity index (χ2n) is 6.22. The Kier molecular flexibility index (Phi) is 5.57. The number of benzene rings is 1. The van der Waals surface area contributed by atoms with Gasteiger partial charge in [-0.05, 0) is 56.7 Å². The van der Waals surface area contributed by atoms with Crippen LogP contribution in [0.2, 0.25) is 0 Å². The predicted molar refractivity (Wildman–Crippen MR) is 83.6 cm³/mol.